The van der Waals surface area contributed by atoms with Gasteiger partial charge in [0, 0.05) is 18.0 Å². The summed E-state index contributed by atoms with van der Waals surface area (Å²) in [6.07, 6.45) is 2.96. The van der Waals surface area contributed by atoms with Crippen LogP contribution >= 0.6 is 11.8 Å². The highest BCUT2D eigenvalue weighted by Gasteiger charge is 2.10. The van der Waals surface area contributed by atoms with Crippen LogP contribution in [-0.4, -0.2) is 16.8 Å². The molecule has 78 valence electrons. The molecule has 1 aromatic heterocycles. The van der Waals surface area contributed by atoms with Gasteiger partial charge >= 0.3 is 0 Å². The van der Waals surface area contributed by atoms with Crippen molar-refractivity contribution in [2.75, 3.05) is 5.75 Å². The maximum absolute atomic E-state index is 6.03. The molecule has 0 spiro atoms. The summed E-state index contributed by atoms with van der Waals surface area (Å²) in [6.45, 7) is 4.37. The van der Waals surface area contributed by atoms with Crippen LogP contribution in [0.2, 0.25) is 0 Å². The first-order valence-electron chi connectivity index (χ1n) is 5.03. The number of hydrogen-bond donors (Lipinski definition) is 1. The molecule has 0 aliphatic heterocycles. The second kappa shape index (κ2) is 6.04. The maximum Gasteiger partial charge on any atom is 0.0960 e. The standard InChI is InChI=1S/C11H18N2S/c1-3-9(2)10(12)8-14-11-6-4-5-7-13-11/h4-7,9-10H,3,8,12H2,1-2H3. The summed E-state index contributed by atoms with van der Waals surface area (Å²) < 4.78 is 0. The summed E-state index contributed by atoms with van der Waals surface area (Å²) in [7, 11) is 0. The predicted octanol–water partition coefficient (Wildman–Crippen LogP) is 2.55. The van der Waals surface area contributed by atoms with Crippen LogP contribution in [0.25, 0.3) is 0 Å². The van der Waals surface area contributed by atoms with Crippen LogP contribution in [0, 0.1) is 5.92 Å². The Kier molecular flexibility index (Phi) is 4.98. The van der Waals surface area contributed by atoms with E-state index in [-0.39, 0.29) is 6.04 Å². The lowest BCUT2D eigenvalue weighted by molar-refractivity contribution is 0.475. The molecule has 3 heteroatoms. The van der Waals surface area contributed by atoms with Crippen molar-refractivity contribution in [2.24, 2.45) is 11.7 Å². The minimum Gasteiger partial charge on any atom is -0.327 e. The van der Waals surface area contributed by atoms with Gasteiger partial charge in [-0.2, -0.15) is 0 Å². The number of nitrogens with two attached hydrogens (primary N) is 1. The van der Waals surface area contributed by atoms with Crippen LogP contribution in [0.4, 0.5) is 0 Å². The van der Waals surface area contributed by atoms with Crippen molar-refractivity contribution in [1.29, 1.82) is 0 Å². The van der Waals surface area contributed by atoms with Gasteiger partial charge in [-0.3, -0.25) is 0 Å². The molecule has 1 rings (SSSR count). The van der Waals surface area contributed by atoms with Crippen molar-refractivity contribution in [1.82, 2.24) is 4.98 Å². The van der Waals surface area contributed by atoms with Gasteiger partial charge in [0.2, 0.25) is 0 Å². The number of thioether (sulfide) groups is 1. The Morgan fingerprint density at radius 1 is 1.50 bits per heavy atom. The summed E-state index contributed by atoms with van der Waals surface area (Å²) in [6, 6.07) is 6.23. The Labute approximate surface area is 90.3 Å². The van der Waals surface area contributed by atoms with Crippen molar-refractivity contribution in [3.63, 3.8) is 0 Å². The molecule has 0 fully saturated rings. The molecular weight excluding hydrogens is 192 g/mol. The molecule has 2 nitrogen and oxygen atoms in total. The van der Waals surface area contributed by atoms with Gasteiger partial charge in [-0.1, -0.05) is 26.3 Å². The first-order valence-corrected chi connectivity index (χ1v) is 6.02. The third-order valence-electron chi connectivity index (χ3n) is 2.44. The first kappa shape index (κ1) is 11.5. The molecule has 0 saturated carbocycles. The zero-order valence-corrected chi connectivity index (χ0v) is 9.63. The van der Waals surface area contributed by atoms with E-state index in [0.29, 0.717) is 5.92 Å². The zero-order chi connectivity index (χ0) is 10.4. The van der Waals surface area contributed by atoms with E-state index >= 15 is 0 Å². The van der Waals surface area contributed by atoms with Crippen molar-refractivity contribution < 1.29 is 0 Å². The van der Waals surface area contributed by atoms with Crippen LogP contribution in [0.1, 0.15) is 20.3 Å². The maximum atomic E-state index is 6.03. The summed E-state index contributed by atoms with van der Waals surface area (Å²) in [5, 5.41) is 1.06. The van der Waals surface area contributed by atoms with Gasteiger partial charge in [0.05, 0.1) is 5.03 Å². The monoisotopic (exact) mass is 210 g/mol. The van der Waals surface area contributed by atoms with Crippen LogP contribution in [0.3, 0.4) is 0 Å². The number of hydrogen-bond acceptors (Lipinski definition) is 3. The molecule has 2 N–H and O–H groups in total. The van der Waals surface area contributed by atoms with E-state index in [1.165, 1.54) is 0 Å². The van der Waals surface area contributed by atoms with E-state index in [4.69, 9.17) is 5.73 Å². The van der Waals surface area contributed by atoms with Gasteiger partial charge in [-0.25, -0.2) is 4.98 Å². The Morgan fingerprint density at radius 3 is 2.86 bits per heavy atom. The molecule has 0 aromatic carbocycles. The molecule has 2 atom stereocenters. The Morgan fingerprint density at radius 2 is 2.29 bits per heavy atom. The summed E-state index contributed by atoms with van der Waals surface area (Å²) in [4.78, 5) is 4.24. The van der Waals surface area contributed by atoms with E-state index in [1.54, 1.807) is 11.8 Å². The molecule has 0 radical (unpaired) electrons. The number of aromatic nitrogens is 1. The summed E-state index contributed by atoms with van der Waals surface area (Å²) in [5.74, 6) is 1.54. The third-order valence-corrected chi connectivity index (χ3v) is 3.53. The SMILES string of the molecule is CCC(C)C(N)CSc1ccccn1. The molecule has 0 amide bonds. The van der Waals surface area contributed by atoms with Crippen molar-refractivity contribution in [3.8, 4) is 0 Å². The Balaban J connectivity index is 2.34. The van der Waals surface area contributed by atoms with Gasteiger partial charge in [0.15, 0.2) is 0 Å². The molecular formula is C11H18N2S. The molecule has 1 heterocycles. The zero-order valence-electron chi connectivity index (χ0n) is 8.81. The summed E-state index contributed by atoms with van der Waals surface area (Å²) >= 11 is 1.74. The number of rotatable bonds is 5. The molecule has 1 aromatic rings. The van der Waals surface area contributed by atoms with Crippen LogP contribution < -0.4 is 5.73 Å². The van der Waals surface area contributed by atoms with E-state index in [9.17, 15) is 0 Å². The second-order valence-corrected chi connectivity index (χ2v) is 4.57. The van der Waals surface area contributed by atoms with Crippen LogP contribution in [0.15, 0.2) is 29.4 Å². The molecule has 0 aliphatic carbocycles. The van der Waals surface area contributed by atoms with Crippen LogP contribution in [-0.2, 0) is 0 Å². The van der Waals surface area contributed by atoms with Gasteiger partial charge < -0.3 is 5.73 Å². The van der Waals surface area contributed by atoms with E-state index < -0.39 is 0 Å². The first-order chi connectivity index (χ1) is 6.74. The van der Waals surface area contributed by atoms with E-state index in [2.05, 4.69) is 18.8 Å². The average Bonchev–Trinajstić information content (AvgIpc) is 2.26. The molecule has 0 aliphatic rings. The average molecular weight is 210 g/mol. The molecule has 0 bridgehead atoms. The Bertz CT molecular complexity index is 251. The fraction of sp³-hybridized carbons (Fsp3) is 0.545. The molecule has 14 heavy (non-hydrogen) atoms. The number of nitrogens with zero attached hydrogens (tertiary/aromatic N) is 1. The van der Waals surface area contributed by atoms with Gasteiger partial charge in [-0.05, 0) is 18.1 Å². The van der Waals surface area contributed by atoms with Crippen LogP contribution in [0.5, 0.6) is 0 Å². The molecule has 0 saturated heterocycles. The lowest BCUT2D eigenvalue weighted by Crippen LogP contribution is -2.30. The van der Waals surface area contributed by atoms with Gasteiger partial charge in [0.1, 0.15) is 0 Å². The largest absolute Gasteiger partial charge is 0.327 e. The quantitative estimate of drug-likeness (QED) is 0.759. The van der Waals surface area contributed by atoms with Crippen molar-refractivity contribution >= 4 is 11.8 Å². The normalized spacial score (nSPS) is 15.1. The topological polar surface area (TPSA) is 38.9 Å². The minimum atomic E-state index is 0.270. The highest BCUT2D eigenvalue weighted by Crippen LogP contribution is 2.18. The molecule has 2 unspecified atom stereocenters. The lowest BCUT2D eigenvalue weighted by atomic mass is 10.0. The Hall–Kier alpha value is -0.540. The highest BCUT2D eigenvalue weighted by molar-refractivity contribution is 7.99. The highest BCUT2D eigenvalue weighted by atomic mass is 32.2. The smallest absolute Gasteiger partial charge is 0.0960 e. The third kappa shape index (κ3) is 3.68. The fourth-order valence-electron chi connectivity index (χ4n) is 1.08. The summed E-state index contributed by atoms with van der Waals surface area (Å²) in [5.41, 5.74) is 6.03. The van der Waals surface area contributed by atoms with Gasteiger partial charge in [0.25, 0.3) is 0 Å². The van der Waals surface area contributed by atoms with Crippen molar-refractivity contribution in [2.45, 2.75) is 31.3 Å². The van der Waals surface area contributed by atoms with Gasteiger partial charge in [-0.15, -0.1) is 11.8 Å². The predicted molar refractivity (Wildman–Crippen MR) is 62.4 cm³/mol. The van der Waals surface area contributed by atoms with Crippen molar-refractivity contribution in [3.05, 3.63) is 24.4 Å². The van der Waals surface area contributed by atoms with E-state index in [0.717, 1.165) is 17.2 Å². The number of pyridine rings is 1. The minimum absolute atomic E-state index is 0.270. The fourth-order valence-corrected chi connectivity index (χ4v) is 2.08. The lowest BCUT2D eigenvalue weighted by Gasteiger charge is -2.17. The second-order valence-electron chi connectivity index (χ2n) is 3.53. The van der Waals surface area contributed by atoms with E-state index in [1.807, 2.05) is 24.4 Å².